The summed E-state index contributed by atoms with van der Waals surface area (Å²) in [5.41, 5.74) is 0.382. The highest BCUT2D eigenvalue weighted by molar-refractivity contribution is 7.92. The van der Waals surface area contributed by atoms with Crippen molar-refractivity contribution in [1.82, 2.24) is 4.98 Å². The van der Waals surface area contributed by atoms with Crippen LogP contribution in [-0.2, 0) is 10.0 Å². The molecule has 20 heavy (non-hydrogen) atoms. The molecule has 1 aromatic heterocycles. The molecule has 0 bridgehead atoms. The van der Waals surface area contributed by atoms with Crippen molar-refractivity contribution in [1.29, 1.82) is 0 Å². The predicted molar refractivity (Wildman–Crippen MR) is 75.5 cm³/mol. The van der Waals surface area contributed by atoms with E-state index in [1.54, 1.807) is 30.3 Å². The van der Waals surface area contributed by atoms with E-state index in [0.29, 0.717) is 5.69 Å². The molecule has 0 saturated carbocycles. The molecule has 0 amide bonds. The molecular weight excluding hydrogens is 276 g/mol. The highest BCUT2D eigenvalue weighted by Gasteiger charge is 2.13. The van der Waals surface area contributed by atoms with Gasteiger partial charge in [0.15, 0.2) is 0 Å². The Morgan fingerprint density at radius 1 is 1.10 bits per heavy atom. The third-order valence-electron chi connectivity index (χ3n) is 2.34. The molecule has 2 aromatic rings. The molecular formula is C14H12N2O3S. The monoisotopic (exact) mass is 288 g/mol. The zero-order valence-corrected chi connectivity index (χ0v) is 11.3. The molecule has 1 heterocycles. The Kier molecular flexibility index (Phi) is 4.35. The first-order valence-electron chi connectivity index (χ1n) is 5.76. The number of hydrogen-bond donors (Lipinski definition) is 2. The van der Waals surface area contributed by atoms with E-state index in [-0.39, 0.29) is 17.3 Å². The number of aliphatic hydroxyl groups is 1. The Balaban J connectivity index is 2.26. The van der Waals surface area contributed by atoms with Crippen molar-refractivity contribution in [2.75, 3.05) is 11.3 Å². The fraction of sp³-hybridized carbons (Fsp3) is 0.0714. The van der Waals surface area contributed by atoms with Crippen molar-refractivity contribution >= 4 is 15.8 Å². The first-order valence-corrected chi connectivity index (χ1v) is 7.25. The van der Waals surface area contributed by atoms with Crippen LogP contribution in [0.3, 0.4) is 0 Å². The average molecular weight is 288 g/mol. The maximum Gasteiger partial charge on any atom is 0.263 e. The van der Waals surface area contributed by atoms with Crippen molar-refractivity contribution in [3.8, 4) is 11.8 Å². The van der Waals surface area contributed by atoms with Gasteiger partial charge in [0.2, 0.25) is 0 Å². The largest absolute Gasteiger partial charge is 0.384 e. The number of aromatic nitrogens is 1. The van der Waals surface area contributed by atoms with Crippen molar-refractivity contribution < 1.29 is 13.5 Å². The summed E-state index contributed by atoms with van der Waals surface area (Å²) in [5, 5.41) is 8.62. The van der Waals surface area contributed by atoms with Crippen LogP contribution in [0.4, 0.5) is 5.82 Å². The molecule has 6 heteroatoms. The predicted octanol–water partition coefficient (Wildman–Crippen LogP) is 1.23. The third-order valence-corrected chi connectivity index (χ3v) is 3.71. The lowest BCUT2D eigenvalue weighted by Gasteiger charge is -2.07. The second kappa shape index (κ2) is 6.19. The molecule has 2 rings (SSSR count). The number of hydrogen-bond acceptors (Lipinski definition) is 4. The number of pyridine rings is 1. The molecule has 0 aliphatic heterocycles. The molecule has 102 valence electrons. The van der Waals surface area contributed by atoms with E-state index in [4.69, 9.17) is 5.11 Å². The lowest BCUT2D eigenvalue weighted by Crippen LogP contribution is -2.13. The summed E-state index contributed by atoms with van der Waals surface area (Å²) in [4.78, 5) is 4.21. The van der Waals surface area contributed by atoms with Crippen LogP contribution in [0.2, 0.25) is 0 Å². The van der Waals surface area contributed by atoms with Gasteiger partial charge in [-0.3, -0.25) is 4.72 Å². The zero-order valence-electron chi connectivity index (χ0n) is 10.4. The molecule has 5 nitrogen and oxygen atoms in total. The van der Waals surface area contributed by atoms with Crippen LogP contribution in [0.25, 0.3) is 0 Å². The number of nitrogens with zero attached hydrogens (tertiary/aromatic N) is 1. The molecule has 0 spiro atoms. The van der Waals surface area contributed by atoms with Crippen molar-refractivity contribution in [3.63, 3.8) is 0 Å². The number of aliphatic hydroxyl groups excluding tert-OH is 1. The van der Waals surface area contributed by atoms with Gasteiger partial charge in [0.25, 0.3) is 10.0 Å². The summed E-state index contributed by atoms with van der Waals surface area (Å²) in [6, 6.07) is 12.8. The fourth-order valence-electron chi connectivity index (χ4n) is 1.49. The molecule has 1 aromatic carbocycles. The van der Waals surface area contributed by atoms with Crippen molar-refractivity contribution in [2.45, 2.75) is 4.90 Å². The molecule has 0 fully saturated rings. The molecule has 0 unspecified atom stereocenters. The second-order valence-electron chi connectivity index (χ2n) is 3.79. The Hall–Kier alpha value is -2.36. The summed E-state index contributed by atoms with van der Waals surface area (Å²) >= 11 is 0. The quantitative estimate of drug-likeness (QED) is 0.832. The highest BCUT2D eigenvalue weighted by Crippen LogP contribution is 2.13. The SMILES string of the molecule is O=S(=O)(Nc1cccc(C#CCO)n1)c1ccccc1. The number of rotatable bonds is 3. The Morgan fingerprint density at radius 3 is 2.55 bits per heavy atom. The minimum Gasteiger partial charge on any atom is -0.384 e. The van der Waals surface area contributed by atoms with Crippen LogP contribution in [0, 0.1) is 11.8 Å². The van der Waals surface area contributed by atoms with E-state index >= 15 is 0 Å². The van der Waals surface area contributed by atoms with Gasteiger partial charge in [-0.05, 0) is 30.2 Å². The van der Waals surface area contributed by atoms with Gasteiger partial charge in [-0.2, -0.15) is 0 Å². The Labute approximate surface area is 117 Å². The van der Waals surface area contributed by atoms with Gasteiger partial charge in [-0.25, -0.2) is 13.4 Å². The van der Waals surface area contributed by atoms with E-state index < -0.39 is 10.0 Å². The van der Waals surface area contributed by atoms with E-state index in [1.807, 2.05) is 0 Å². The van der Waals surface area contributed by atoms with E-state index in [1.165, 1.54) is 18.2 Å². The Bertz CT molecular complexity index is 747. The Morgan fingerprint density at radius 2 is 1.85 bits per heavy atom. The van der Waals surface area contributed by atoms with Gasteiger partial charge in [-0.1, -0.05) is 30.2 Å². The number of benzene rings is 1. The van der Waals surface area contributed by atoms with Crippen molar-refractivity contribution in [2.24, 2.45) is 0 Å². The number of sulfonamides is 1. The third kappa shape index (κ3) is 3.57. The summed E-state index contributed by atoms with van der Waals surface area (Å²) < 4.78 is 26.6. The molecule has 0 atom stereocenters. The maximum atomic E-state index is 12.1. The molecule has 0 radical (unpaired) electrons. The van der Waals surface area contributed by atoms with Crippen LogP contribution in [0.1, 0.15) is 5.69 Å². The highest BCUT2D eigenvalue weighted by atomic mass is 32.2. The summed E-state index contributed by atoms with van der Waals surface area (Å²) in [6.07, 6.45) is 0. The number of anilines is 1. The fourth-order valence-corrected chi connectivity index (χ4v) is 2.51. The van der Waals surface area contributed by atoms with Crippen LogP contribution in [0.15, 0.2) is 53.4 Å². The van der Waals surface area contributed by atoms with Crippen LogP contribution in [0.5, 0.6) is 0 Å². The van der Waals surface area contributed by atoms with Gasteiger partial charge in [0.05, 0.1) is 4.90 Å². The van der Waals surface area contributed by atoms with Gasteiger partial charge in [0.1, 0.15) is 18.1 Å². The second-order valence-corrected chi connectivity index (χ2v) is 5.47. The van der Waals surface area contributed by atoms with Crippen molar-refractivity contribution in [3.05, 3.63) is 54.2 Å². The van der Waals surface area contributed by atoms with E-state index in [2.05, 4.69) is 21.5 Å². The van der Waals surface area contributed by atoms with Gasteiger partial charge in [0, 0.05) is 0 Å². The molecule has 0 aliphatic rings. The molecule has 0 saturated heterocycles. The van der Waals surface area contributed by atoms with Gasteiger partial charge >= 0.3 is 0 Å². The maximum absolute atomic E-state index is 12.1. The summed E-state index contributed by atoms with van der Waals surface area (Å²) in [5.74, 6) is 5.25. The van der Waals surface area contributed by atoms with Gasteiger partial charge in [-0.15, -0.1) is 0 Å². The number of nitrogens with one attached hydrogen (secondary N) is 1. The zero-order chi connectivity index (χ0) is 14.4. The lowest BCUT2D eigenvalue weighted by atomic mass is 10.3. The average Bonchev–Trinajstić information content (AvgIpc) is 2.46. The smallest absolute Gasteiger partial charge is 0.263 e. The lowest BCUT2D eigenvalue weighted by molar-refractivity contribution is 0.350. The molecule has 2 N–H and O–H groups in total. The minimum absolute atomic E-state index is 0.161. The van der Waals surface area contributed by atoms with Crippen LogP contribution < -0.4 is 4.72 Å². The normalized spacial score (nSPS) is 10.4. The van der Waals surface area contributed by atoms with Crippen LogP contribution >= 0.6 is 0 Å². The first-order chi connectivity index (χ1) is 9.62. The topological polar surface area (TPSA) is 79.3 Å². The van der Waals surface area contributed by atoms with E-state index in [9.17, 15) is 8.42 Å². The van der Waals surface area contributed by atoms with E-state index in [0.717, 1.165) is 0 Å². The standard InChI is InChI=1S/C14H12N2O3S/c17-11-5-7-12-6-4-10-14(15-12)16-20(18,19)13-8-2-1-3-9-13/h1-4,6,8-10,17H,11H2,(H,15,16). The summed E-state index contributed by atoms with van der Waals surface area (Å²) in [7, 11) is -3.66. The first kappa shape index (κ1) is 14.1. The molecule has 0 aliphatic carbocycles. The summed E-state index contributed by atoms with van der Waals surface area (Å²) in [6.45, 7) is -0.276. The minimum atomic E-state index is -3.66. The van der Waals surface area contributed by atoms with Crippen LogP contribution in [-0.4, -0.2) is 25.1 Å². The van der Waals surface area contributed by atoms with Gasteiger partial charge < -0.3 is 5.11 Å².